The first-order valence-electron chi connectivity index (χ1n) is 7.55. The predicted molar refractivity (Wildman–Crippen MR) is 95.1 cm³/mol. The second-order valence-corrected chi connectivity index (χ2v) is 6.20. The van der Waals surface area contributed by atoms with Crippen molar-refractivity contribution in [1.82, 2.24) is 10.2 Å². The van der Waals surface area contributed by atoms with Crippen molar-refractivity contribution in [2.24, 2.45) is 5.92 Å². The molecule has 2 nitrogen and oxygen atoms in total. The molecule has 21 heavy (non-hydrogen) atoms. The van der Waals surface area contributed by atoms with Crippen LogP contribution in [0.25, 0.3) is 0 Å². The molecule has 3 rings (SSSR count). The number of hydrogen-bond acceptors (Lipinski definition) is 2. The number of nitrogens with zero attached hydrogens (tertiary/aromatic N) is 1. The summed E-state index contributed by atoms with van der Waals surface area (Å²) in [5.41, 5.74) is 1.35. The second-order valence-electron chi connectivity index (χ2n) is 5.80. The summed E-state index contributed by atoms with van der Waals surface area (Å²) in [5, 5.41) is 4.39. The molecule has 0 amide bonds. The molecular weight excluding hydrogens is 327 g/mol. The molecule has 1 aromatic carbocycles. The quantitative estimate of drug-likeness (QED) is 0.872. The maximum absolute atomic E-state index is 6.47. The van der Waals surface area contributed by atoms with E-state index >= 15 is 0 Å². The second kappa shape index (κ2) is 9.22. The molecular formula is C16H25Cl3N2. The number of nitrogens with one attached hydrogen (secondary N) is 1. The molecule has 120 valence electrons. The van der Waals surface area contributed by atoms with Crippen LogP contribution in [0.3, 0.4) is 0 Å². The van der Waals surface area contributed by atoms with E-state index in [0.717, 1.165) is 37.1 Å². The molecule has 1 atom stereocenters. The zero-order chi connectivity index (χ0) is 13.1. The van der Waals surface area contributed by atoms with Gasteiger partial charge in [-0.3, -0.25) is 4.90 Å². The Labute approximate surface area is 145 Å². The smallest absolute Gasteiger partial charge is 0.0453 e. The largest absolute Gasteiger partial charge is 0.314 e. The van der Waals surface area contributed by atoms with E-state index in [1.165, 1.54) is 31.2 Å². The predicted octanol–water partition coefficient (Wildman–Crippen LogP) is 4.32. The average Bonchev–Trinajstić information content (AvgIpc) is 2.96. The third-order valence-corrected chi connectivity index (χ3v) is 4.96. The Morgan fingerprint density at radius 2 is 1.67 bits per heavy atom. The third-order valence-electron chi connectivity index (χ3n) is 4.62. The Bertz CT molecular complexity index is 416. The lowest BCUT2D eigenvalue weighted by Crippen LogP contribution is -2.46. The van der Waals surface area contributed by atoms with Gasteiger partial charge in [0.05, 0.1) is 0 Å². The minimum absolute atomic E-state index is 0. The van der Waals surface area contributed by atoms with Crippen LogP contribution < -0.4 is 5.32 Å². The first-order chi connectivity index (χ1) is 9.36. The molecule has 1 heterocycles. The molecule has 0 spiro atoms. The van der Waals surface area contributed by atoms with Crippen LogP contribution in [0.4, 0.5) is 0 Å². The topological polar surface area (TPSA) is 15.3 Å². The first kappa shape index (κ1) is 19.1. The maximum atomic E-state index is 6.47. The van der Waals surface area contributed by atoms with Crippen molar-refractivity contribution in [3.8, 4) is 0 Å². The summed E-state index contributed by atoms with van der Waals surface area (Å²) in [5.74, 6) is 0.790. The van der Waals surface area contributed by atoms with E-state index in [-0.39, 0.29) is 24.8 Å². The van der Waals surface area contributed by atoms with Crippen molar-refractivity contribution in [3.05, 3.63) is 34.9 Å². The summed E-state index contributed by atoms with van der Waals surface area (Å²) in [7, 11) is 0. The number of benzene rings is 1. The fourth-order valence-electron chi connectivity index (χ4n) is 3.70. The van der Waals surface area contributed by atoms with Gasteiger partial charge in [0, 0.05) is 37.2 Å². The van der Waals surface area contributed by atoms with E-state index < -0.39 is 0 Å². The van der Waals surface area contributed by atoms with Gasteiger partial charge in [-0.25, -0.2) is 0 Å². The highest BCUT2D eigenvalue weighted by atomic mass is 35.5. The molecule has 1 N–H and O–H groups in total. The van der Waals surface area contributed by atoms with Crippen LogP contribution in [-0.4, -0.2) is 31.1 Å². The number of hydrogen-bond donors (Lipinski definition) is 1. The summed E-state index contributed by atoms with van der Waals surface area (Å²) in [6.07, 6.45) is 5.50. The van der Waals surface area contributed by atoms with Crippen molar-refractivity contribution in [2.45, 2.75) is 31.7 Å². The van der Waals surface area contributed by atoms with Gasteiger partial charge in [0.2, 0.25) is 0 Å². The van der Waals surface area contributed by atoms with Crippen molar-refractivity contribution < 1.29 is 0 Å². The van der Waals surface area contributed by atoms with Crippen molar-refractivity contribution in [1.29, 1.82) is 0 Å². The molecule has 1 aliphatic heterocycles. The molecule has 1 aromatic rings. The van der Waals surface area contributed by atoms with Crippen LogP contribution in [0.2, 0.25) is 5.02 Å². The van der Waals surface area contributed by atoms with Crippen LogP contribution >= 0.6 is 36.4 Å². The molecule has 0 aromatic heterocycles. The van der Waals surface area contributed by atoms with Crippen LogP contribution in [0.1, 0.15) is 37.3 Å². The zero-order valence-corrected chi connectivity index (χ0v) is 14.7. The maximum Gasteiger partial charge on any atom is 0.0453 e. The summed E-state index contributed by atoms with van der Waals surface area (Å²) in [6.45, 7) is 4.50. The van der Waals surface area contributed by atoms with E-state index in [2.05, 4.69) is 22.3 Å². The first-order valence-corrected chi connectivity index (χ1v) is 7.93. The lowest BCUT2D eigenvalue weighted by Gasteiger charge is -2.39. The Hall–Kier alpha value is 0.01000. The van der Waals surface area contributed by atoms with Gasteiger partial charge in [-0.15, -0.1) is 24.8 Å². The van der Waals surface area contributed by atoms with Crippen molar-refractivity contribution in [2.75, 3.05) is 26.2 Å². The van der Waals surface area contributed by atoms with Crippen molar-refractivity contribution >= 4 is 36.4 Å². The van der Waals surface area contributed by atoms with E-state index in [1.54, 1.807) is 0 Å². The number of rotatable bonds is 3. The van der Waals surface area contributed by atoms with E-state index in [0.29, 0.717) is 6.04 Å². The van der Waals surface area contributed by atoms with Crippen LogP contribution in [0.5, 0.6) is 0 Å². The summed E-state index contributed by atoms with van der Waals surface area (Å²) in [6, 6.07) is 8.97. The number of halogens is 3. The minimum atomic E-state index is 0. The standard InChI is InChI=1S/C16H23ClN2.2ClH/c17-15-8-4-3-7-14(15)16(13-5-1-2-6-13)19-11-9-18-10-12-19;;/h3-4,7-8,13,16,18H,1-2,5-6,9-12H2;2*1H/t16-;;/m1../s1. The van der Waals surface area contributed by atoms with Crippen LogP contribution in [0.15, 0.2) is 24.3 Å². The molecule has 1 saturated heterocycles. The van der Waals surface area contributed by atoms with E-state index in [1.807, 2.05) is 12.1 Å². The van der Waals surface area contributed by atoms with Crippen molar-refractivity contribution in [3.63, 3.8) is 0 Å². The molecule has 0 bridgehead atoms. The molecule has 2 aliphatic rings. The summed E-state index contributed by atoms with van der Waals surface area (Å²) >= 11 is 6.47. The Morgan fingerprint density at radius 1 is 1.05 bits per heavy atom. The summed E-state index contributed by atoms with van der Waals surface area (Å²) < 4.78 is 0. The SMILES string of the molecule is Cl.Cl.Clc1ccccc1[C@@H](C1CCCC1)N1CCNCC1. The van der Waals surface area contributed by atoms with Gasteiger partial charge < -0.3 is 5.32 Å². The van der Waals surface area contributed by atoms with Gasteiger partial charge in [0.25, 0.3) is 0 Å². The van der Waals surface area contributed by atoms with Gasteiger partial charge >= 0.3 is 0 Å². The van der Waals surface area contributed by atoms with Gasteiger partial charge in [0.1, 0.15) is 0 Å². The molecule has 2 fully saturated rings. The fraction of sp³-hybridized carbons (Fsp3) is 0.625. The molecule has 0 unspecified atom stereocenters. The summed E-state index contributed by atoms with van der Waals surface area (Å²) in [4.78, 5) is 2.65. The van der Waals surface area contributed by atoms with Gasteiger partial charge in [-0.05, 0) is 30.4 Å². The van der Waals surface area contributed by atoms with Crippen LogP contribution in [-0.2, 0) is 0 Å². The third kappa shape index (κ3) is 4.49. The molecule has 0 radical (unpaired) electrons. The molecule has 1 aliphatic carbocycles. The monoisotopic (exact) mass is 350 g/mol. The Balaban J connectivity index is 0.00000110. The highest BCUT2D eigenvalue weighted by Crippen LogP contribution is 2.41. The highest BCUT2D eigenvalue weighted by Gasteiger charge is 2.32. The zero-order valence-electron chi connectivity index (χ0n) is 12.3. The lowest BCUT2D eigenvalue weighted by molar-refractivity contribution is 0.125. The molecule has 1 saturated carbocycles. The normalized spacial score (nSPS) is 21.4. The van der Waals surface area contributed by atoms with Gasteiger partial charge in [-0.2, -0.15) is 0 Å². The minimum Gasteiger partial charge on any atom is -0.314 e. The lowest BCUT2D eigenvalue weighted by atomic mass is 9.89. The van der Waals surface area contributed by atoms with E-state index in [4.69, 9.17) is 11.6 Å². The highest BCUT2D eigenvalue weighted by molar-refractivity contribution is 6.31. The molecule has 5 heteroatoms. The van der Waals surface area contributed by atoms with Crippen LogP contribution in [0, 0.1) is 5.92 Å². The fourth-order valence-corrected chi connectivity index (χ4v) is 3.94. The van der Waals surface area contributed by atoms with Gasteiger partial charge in [-0.1, -0.05) is 42.6 Å². The Kier molecular flexibility index (Phi) is 8.36. The van der Waals surface area contributed by atoms with E-state index in [9.17, 15) is 0 Å². The Morgan fingerprint density at radius 3 is 2.29 bits per heavy atom. The average molecular weight is 352 g/mol. The van der Waals surface area contributed by atoms with Gasteiger partial charge in [0.15, 0.2) is 0 Å². The number of piperazine rings is 1.